The molecule has 0 saturated carbocycles. The normalized spacial score (nSPS) is 13.0. The summed E-state index contributed by atoms with van der Waals surface area (Å²) in [7, 11) is -2.85. The van der Waals surface area contributed by atoms with Gasteiger partial charge in [0, 0.05) is 13.1 Å². The highest BCUT2D eigenvalue weighted by Crippen LogP contribution is 2.26. The van der Waals surface area contributed by atoms with Crippen LogP contribution in [0.3, 0.4) is 0 Å². The number of nitrogens with zero attached hydrogens (tertiary/aromatic N) is 3. The molecule has 0 aliphatic carbocycles. The van der Waals surface area contributed by atoms with Crippen molar-refractivity contribution in [2.24, 2.45) is 0 Å². The molecule has 0 radical (unpaired) electrons. The van der Waals surface area contributed by atoms with Crippen molar-refractivity contribution in [3.8, 4) is 6.07 Å². The predicted molar refractivity (Wildman–Crippen MR) is 63.1 cm³/mol. The van der Waals surface area contributed by atoms with Crippen LogP contribution in [0.1, 0.15) is 6.92 Å². The Morgan fingerprint density at radius 3 is 2.50 bits per heavy atom. The van der Waals surface area contributed by atoms with E-state index in [-0.39, 0.29) is 0 Å². The van der Waals surface area contributed by atoms with E-state index in [2.05, 4.69) is 0 Å². The fourth-order valence-corrected chi connectivity index (χ4v) is 2.70. The molecule has 0 N–H and O–H groups in total. The SMILES string of the molecule is C[C@H](C#N)N(C)S(=O)(=O)c1ccccc1[N+](=O)[O-]. The van der Waals surface area contributed by atoms with Gasteiger partial charge in [0.25, 0.3) is 15.7 Å². The number of rotatable bonds is 4. The van der Waals surface area contributed by atoms with Gasteiger partial charge in [-0.15, -0.1) is 0 Å². The number of nitro groups is 1. The van der Waals surface area contributed by atoms with Crippen LogP contribution in [0, 0.1) is 21.4 Å². The van der Waals surface area contributed by atoms with Gasteiger partial charge in [0.15, 0.2) is 4.90 Å². The average Bonchev–Trinajstić information content (AvgIpc) is 2.36. The Labute approximate surface area is 104 Å². The monoisotopic (exact) mass is 269 g/mol. The van der Waals surface area contributed by atoms with Gasteiger partial charge < -0.3 is 0 Å². The topological polar surface area (TPSA) is 104 Å². The van der Waals surface area contributed by atoms with E-state index in [1.54, 1.807) is 6.07 Å². The summed E-state index contributed by atoms with van der Waals surface area (Å²) < 4.78 is 25.1. The largest absolute Gasteiger partial charge is 0.289 e. The van der Waals surface area contributed by atoms with Gasteiger partial charge in [0.05, 0.1) is 11.0 Å². The Bertz CT molecular complexity index is 606. The molecule has 18 heavy (non-hydrogen) atoms. The lowest BCUT2D eigenvalue weighted by Gasteiger charge is -2.18. The molecule has 0 amide bonds. The molecule has 1 rings (SSSR count). The average molecular weight is 269 g/mol. The van der Waals surface area contributed by atoms with Crippen molar-refractivity contribution < 1.29 is 13.3 Å². The number of hydrogen-bond donors (Lipinski definition) is 0. The first-order valence-electron chi connectivity index (χ1n) is 4.93. The van der Waals surface area contributed by atoms with Crippen LogP contribution in [-0.2, 0) is 10.0 Å². The van der Waals surface area contributed by atoms with E-state index in [0.29, 0.717) is 0 Å². The van der Waals surface area contributed by atoms with Crippen LogP contribution in [0.25, 0.3) is 0 Å². The molecule has 0 fully saturated rings. The molecule has 7 nitrogen and oxygen atoms in total. The fourth-order valence-electron chi connectivity index (χ4n) is 1.27. The number of para-hydroxylation sites is 1. The summed E-state index contributed by atoms with van der Waals surface area (Å²) in [6.07, 6.45) is 0. The van der Waals surface area contributed by atoms with Crippen LogP contribution in [0.2, 0.25) is 0 Å². The van der Waals surface area contributed by atoms with E-state index < -0.39 is 31.6 Å². The van der Waals surface area contributed by atoms with Crippen molar-refractivity contribution in [3.05, 3.63) is 34.4 Å². The molecule has 1 atom stereocenters. The third kappa shape index (κ3) is 2.47. The Morgan fingerprint density at radius 2 is 2.00 bits per heavy atom. The lowest BCUT2D eigenvalue weighted by atomic mass is 10.3. The van der Waals surface area contributed by atoms with Gasteiger partial charge in [-0.25, -0.2) is 8.42 Å². The maximum Gasteiger partial charge on any atom is 0.289 e. The molecule has 0 bridgehead atoms. The number of hydrogen-bond acceptors (Lipinski definition) is 5. The van der Waals surface area contributed by atoms with Gasteiger partial charge in [0.1, 0.15) is 6.04 Å². The second-order valence-electron chi connectivity index (χ2n) is 3.55. The molecule has 0 aromatic heterocycles. The quantitative estimate of drug-likeness (QED) is 0.601. The van der Waals surface area contributed by atoms with Gasteiger partial charge in [-0.2, -0.15) is 9.57 Å². The van der Waals surface area contributed by atoms with Crippen LogP contribution in [0.4, 0.5) is 5.69 Å². The number of sulfonamides is 1. The molecule has 0 aliphatic rings. The van der Waals surface area contributed by atoms with Crippen molar-refractivity contribution >= 4 is 15.7 Å². The minimum Gasteiger partial charge on any atom is -0.258 e. The summed E-state index contributed by atoms with van der Waals surface area (Å²) in [6, 6.07) is 5.89. The Balaban J connectivity index is 3.39. The zero-order valence-corrected chi connectivity index (χ0v) is 10.6. The first kappa shape index (κ1) is 14.1. The Morgan fingerprint density at radius 1 is 1.44 bits per heavy atom. The zero-order chi connectivity index (χ0) is 13.9. The summed E-state index contributed by atoms with van der Waals surface area (Å²) in [5, 5.41) is 19.5. The predicted octanol–water partition coefficient (Wildman–Crippen LogP) is 1.13. The molecule has 96 valence electrons. The van der Waals surface area contributed by atoms with Gasteiger partial charge in [-0.3, -0.25) is 10.1 Å². The van der Waals surface area contributed by atoms with Crippen molar-refractivity contribution in [3.63, 3.8) is 0 Å². The van der Waals surface area contributed by atoms with E-state index in [0.717, 1.165) is 16.4 Å². The molecule has 0 heterocycles. The van der Waals surface area contributed by atoms with Gasteiger partial charge >= 0.3 is 0 Å². The zero-order valence-electron chi connectivity index (χ0n) is 9.77. The van der Waals surface area contributed by atoms with E-state index in [9.17, 15) is 18.5 Å². The van der Waals surface area contributed by atoms with Gasteiger partial charge in [-0.05, 0) is 13.0 Å². The lowest BCUT2D eigenvalue weighted by Crippen LogP contribution is -2.34. The van der Waals surface area contributed by atoms with Crippen LogP contribution < -0.4 is 0 Å². The third-order valence-corrected chi connectivity index (χ3v) is 4.43. The highest BCUT2D eigenvalue weighted by atomic mass is 32.2. The van der Waals surface area contributed by atoms with E-state index in [1.807, 2.05) is 0 Å². The van der Waals surface area contributed by atoms with E-state index in [1.165, 1.54) is 26.1 Å². The highest BCUT2D eigenvalue weighted by Gasteiger charge is 2.31. The van der Waals surface area contributed by atoms with Crippen LogP contribution in [0.5, 0.6) is 0 Å². The molecule has 1 aromatic carbocycles. The van der Waals surface area contributed by atoms with Crippen molar-refractivity contribution in [1.29, 1.82) is 5.26 Å². The van der Waals surface area contributed by atoms with Gasteiger partial charge in [0.2, 0.25) is 0 Å². The highest BCUT2D eigenvalue weighted by molar-refractivity contribution is 7.89. The maximum absolute atomic E-state index is 12.1. The minimum absolute atomic E-state index is 0.417. The summed E-state index contributed by atoms with van der Waals surface area (Å²) in [6.45, 7) is 1.40. The molecule has 1 aromatic rings. The van der Waals surface area contributed by atoms with Crippen LogP contribution in [-0.4, -0.2) is 30.7 Å². The molecule has 0 unspecified atom stereocenters. The van der Waals surface area contributed by atoms with Crippen molar-refractivity contribution in [1.82, 2.24) is 4.31 Å². The molecule has 0 saturated heterocycles. The summed E-state index contributed by atoms with van der Waals surface area (Å²) in [5.41, 5.74) is -0.505. The maximum atomic E-state index is 12.1. The van der Waals surface area contributed by atoms with Gasteiger partial charge in [-0.1, -0.05) is 12.1 Å². The third-order valence-electron chi connectivity index (χ3n) is 2.45. The summed E-state index contributed by atoms with van der Waals surface area (Å²) in [4.78, 5) is 9.60. The molecular formula is C10H11N3O4S. The van der Waals surface area contributed by atoms with E-state index >= 15 is 0 Å². The second kappa shape index (κ2) is 5.12. The summed E-state index contributed by atoms with van der Waals surface area (Å²) >= 11 is 0. The summed E-state index contributed by atoms with van der Waals surface area (Å²) in [5.74, 6) is 0. The van der Waals surface area contributed by atoms with E-state index in [4.69, 9.17) is 5.26 Å². The van der Waals surface area contributed by atoms with Crippen LogP contribution >= 0.6 is 0 Å². The number of nitro benzene ring substituents is 1. The first-order chi connectivity index (χ1) is 8.32. The number of benzene rings is 1. The lowest BCUT2D eigenvalue weighted by molar-refractivity contribution is -0.387. The number of nitriles is 1. The molecular weight excluding hydrogens is 258 g/mol. The second-order valence-corrected chi connectivity index (χ2v) is 5.52. The van der Waals surface area contributed by atoms with Crippen molar-refractivity contribution in [2.45, 2.75) is 17.9 Å². The molecule has 0 aliphatic heterocycles. The fraction of sp³-hybridized carbons (Fsp3) is 0.300. The minimum atomic E-state index is -4.06. The standard InChI is InChI=1S/C10H11N3O4S/c1-8(7-11)12(2)18(16,17)10-6-4-3-5-9(10)13(14)15/h3-6,8H,1-2H3/t8-/m1/s1. The Kier molecular flexibility index (Phi) is 4.00. The van der Waals surface area contributed by atoms with Crippen molar-refractivity contribution in [2.75, 3.05) is 7.05 Å². The molecule has 8 heteroatoms. The van der Waals surface area contributed by atoms with Crippen LogP contribution in [0.15, 0.2) is 29.2 Å². The Hall–Kier alpha value is -1.98. The smallest absolute Gasteiger partial charge is 0.258 e. The first-order valence-corrected chi connectivity index (χ1v) is 6.37. The molecule has 0 spiro atoms.